The van der Waals surface area contributed by atoms with Crippen molar-refractivity contribution in [2.75, 3.05) is 20.3 Å². The summed E-state index contributed by atoms with van der Waals surface area (Å²) in [6, 6.07) is 3.27. The largest absolute Gasteiger partial charge is 0.463 e. The fourth-order valence-electron chi connectivity index (χ4n) is 2.44. The molecule has 1 aromatic rings. The molecule has 1 fully saturated rings. The minimum Gasteiger partial charge on any atom is -0.463 e. The van der Waals surface area contributed by atoms with Crippen LogP contribution in [0.25, 0.3) is 0 Å². The summed E-state index contributed by atoms with van der Waals surface area (Å²) in [6.07, 6.45) is 2.61. The minimum absolute atomic E-state index is 0.0129. The van der Waals surface area contributed by atoms with Gasteiger partial charge in [0.25, 0.3) is 0 Å². The first-order chi connectivity index (χ1) is 9.65. The van der Waals surface area contributed by atoms with Gasteiger partial charge in [0.2, 0.25) is 11.7 Å². The maximum atomic E-state index is 11.6. The van der Waals surface area contributed by atoms with Crippen LogP contribution in [-0.2, 0) is 16.0 Å². The number of ether oxygens (including phenoxy) is 1. The summed E-state index contributed by atoms with van der Waals surface area (Å²) in [5, 5.41) is 9.20. The van der Waals surface area contributed by atoms with Crippen LogP contribution < -0.4 is 0 Å². The highest BCUT2D eigenvalue weighted by Crippen LogP contribution is 2.19. The van der Waals surface area contributed by atoms with E-state index in [-0.39, 0.29) is 24.3 Å². The molecule has 6 nitrogen and oxygen atoms in total. The lowest BCUT2D eigenvalue weighted by atomic mass is 10.2. The van der Waals surface area contributed by atoms with Crippen LogP contribution >= 0.6 is 0 Å². The SMILES string of the molecule is COC(=O)c1ccc(CCCN2C(=O)CC[C@@H]2CO)o1. The number of nitrogens with zero attached hydrogens (tertiary/aromatic N) is 1. The Morgan fingerprint density at radius 2 is 2.35 bits per heavy atom. The lowest BCUT2D eigenvalue weighted by molar-refractivity contribution is -0.129. The van der Waals surface area contributed by atoms with Gasteiger partial charge in [-0.15, -0.1) is 0 Å². The molecule has 0 saturated carbocycles. The Labute approximate surface area is 117 Å². The van der Waals surface area contributed by atoms with Gasteiger partial charge in [-0.2, -0.15) is 0 Å². The van der Waals surface area contributed by atoms with Gasteiger partial charge < -0.3 is 19.2 Å². The molecular formula is C14H19NO5. The second-order valence-electron chi connectivity index (χ2n) is 4.82. The van der Waals surface area contributed by atoms with Crippen LogP contribution in [0.15, 0.2) is 16.5 Å². The number of methoxy groups -OCH3 is 1. The van der Waals surface area contributed by atoms with Crippen LogP contribution in [0.2, 0.25) is 0 Å². The van der Waals surface area contributed by atoms with E-state index in [1.54, 1.807) is 17.0 Å². The number of carbonyl (C=O) groups excluding carboxylic acids is 2. The van der Waals surface area contributed by atoms with E-state index in [2.05, 4.69) is 4.74 Å². The van der Waals surface area contributed by atoms with Gasteiger partial charge in [-0.25, -0.2) is 4.79 Å². The minimum atomic E-state index is -0.494. The van der Waals surface area contributed by atoms with Crippen molar-refractivity contribution in [2.45, 2.75) is 31.7 Å². The molecule has 20 heavy (non-hydrogen) atoms. The number of hydrogen-bond acceptors (Lipinski definition) is 5. The number of carbonyl (C=O) groups is 2. The molecule has 6 heteroatoms. The summed E-state index contributed by atoms with van der Waals surface area (Å²) in [6.45, 7) is 0.608. The molecule has 0 bridgehead atoms. The standard InChI is InChI=1S/C14H19NO5/c1-19-14(18)12-6-5-11(20-12)3-2-8-15-10(9-16)4-7-13(15)17/h5-6,10,16H,2-4,7-9H2,1H3/t10-/m1/s1. The van der Waals surface area contributed by atoms with Crippen LogP contribution in [0.3, 0.4) is 0 Å². The third kappa shape index (κ3) is 3.19. The lowest BCUT2D eigenvalue weighted by Crippen LogP contribution is -2.36. The van der Waals surface area contributed by atoms with Crippen LogP contribution in [-0.4, -0.2) is 48.2 Å². The van der Waals surface area contributed by atoms with Crippen molar-refractivity contribution in [2.24, 2.45) is 0 Å². The summed E-state index contributed by atoms with van der Waals surface area (Å²) in [7, 11) is 1.30. The number of rotatable bonds is 6. The average molecular weight is 281 g/mol. The highest BCUT2D eigenvalue weighted by atomic mass is 16.5. The van der Waals surface area contributed by atoms with E-state index in [0.717, 1.165) is 12.8 Å². The molecule has 0 radical (unpaired) electrons. The fourth-order valence-corrected chi connectivity index (χ4v) is 2.44. The number of aliphatic hydroxyl groups excluding tert-OH is 1. The summed E-state index contributed by atoms with van der Waals surface area (Å²) in [4.78, 5) is 24.6. The zero-order chi connectivity index (χ0) is 14.5. The molecule has 2 heterocycles. The summed E-state index contributed by atoms with van der Waals surface area (Å²) < 4.78 is 9.92. The van der Waals surface area contributed by atoms with Gasteiger partial charge in [0, 0.05) is 19.4 Å². The monoisotopic (exact) mass is 281 g/mol. The molecule has 0 unspecified atom stereocenters. The zero-order valence-corrected chi connectivity index (χ0v) is 11.5. The molecule has 1 saturated heterocycles. The number of furan rings is 1. The topological polar surface area (TPSA) is 80.0 Å². The first-order valence-electron chi connectivity index (χ1n) is 6.73. The van der Waals surface area contributed by atoms with E-state index in [9.17, 15) is 14.7 Å². The predicted molar refractivity (Wildman–Crippen MR) is 70.2 cm³/mol. The van der Waals surface area contributed by atoms with Crippen LogP contribution in [0.5, 0.6) is 0 Å². The summed E-state index contributed by atoms with van der Waals surface area (Å²) in [5.74, 6) is 0.482. The number of hydrogen-bond donors (Lipinski definition) is 1. The van der Waals surface area contributed by atoms with Gasteiger partial charge in [0.15, 0.2) is 0 Å². The van der Waals surface area contributed by atoms with E-state index < -0.39 is 5.97 Å². The summed E-state index contributed by atoms with van der Waals surface area (Å²) in [5.41, 5.74) is 0. The Morgan fingerprint density at radius 1 is 1.55 bits per heavy atom. The van der Waals surface area contributed by atoms with Gasteiger partial charge >= 0.3 is 5.97 Å². The third-order valence-corrected chi connectivity index (χ3v) is 3.53. The number of aliphatic hydroxyl groups is 1. The van der Waals surface area contributed by atoms with Crippen molar-refractivity contribution >= 4 is 11.9 Å². The van der Waals surface area contributed by atoms with E-state index in [0.29, 0.717) is 25.1 Å². The lowest BCUT2D eigenvalue weighted by Gasteiger charge is -2.22. The van der Waals surface area contributed by atoms with Crippen molar-refractivity contribution in [1.82, 2.24) is 4.90 Å². The van der Waals surface area contributed by atoms with E-state index in [1.165, 1.54) is 7.11 Å². The van der Waals surface area contributed by atoms with Crippen molar-refractivity contribution in [3.63, 3.8) is 0 Å². The molecule has 110 valence electrons. The highest BCUT2D eigenvalue weighted by Gasteiger charge is 2.29. The van der Waals surface area contributed by atoms with Crippen molar-refractivity contribution < 1.29 is 23.8 Å². The highest BCUT2D eigenvalue weighted by molar-refractivity contribution is 5.86. The molecule has 0 aliphatic carbocycles. The van der Waals surface area contributed by atoms with Gasteiger partial charge in [0.05, 0.1) is 19.8 Å². The molecule has 1 amide bonds. The molecule has 0 aromatic carbocycles. The van der Waals surface area contributed by atoms with Crippen molar-refractivity contribution in [1.29, 1.82) is 0 Å². The molecule has 2 rings (SSSR count). The van der Waals surface area contributed by atoms with Gasteiger partial charge in [-0.3, -0.25) is 4.79 Å². The molecule has 1 atom stereocenters. The van der Waals surface area contributed by atoms with Gasteiger partial charge in [-0.1, -0.05) is 0 Å². The van der Waals surface area contributed by atoms with Gasteiger partial charge in [-0.05, 0) is 25.0 Å². The molecular weight excluding hydrogens is 262 g/mol. The fraction of sp³-hybridized carbons (Fsp3) is 0.571. The molecule has 1 N–H and O–H groups in total. The first kappa shape index (κ1) is 14.6. The maximum Gasteiger partial charge on any atom is 0.373 e. The first-order valence-corrected chi connectivity index (χ1v) is 6.73. The molecule has 0 spiro atoms. The third-order valence-electron chi connectivity index (χ3n) is 3.53. The molecule has 1 aliphatic heterocycles. The number of likely N-dealkylation sites (tertiary alicyclic amines) is 1. The Hall–Kier alpha value is -1.82. The number of esters is 1. The smallest absolute Gasteiger partial charge is 0.373 e. The summed E-state index contributed by atoms with van der Waals surface area (Å²) >= 11 is 0. The second kappa shape index (κ2) is 6.56. The molecule has 1 aromatic heterocycles. The van der Waals surface area contributed by atoms with Crippen molar-refractivity contribution in [3.8, 4) is 0 Å². The average Bonchev–Trinajstić information content (AvgIpc) is 3.06. The quantitative estimate of drug-likeness (QED) is 0.786. The second-order valence-corrected chi connectivity index (χ2v) is 4.82. The van der Waals surface area contributed by atoms with E-state index in [4.69, 9.17) is 4.42 Å². The van der Waals surface area contributed by atoms with Crippen LogP contribution in [0.4, 0.5) is 0 Å². The van der Waals surface area contributed by atoms with Gasteiger partial charge in [0.1, 0.15) is 5.76 Å². The Kier molecular flexibility index (Phi) is 4.79. The predicted octanol–water partition coefficient (Wildman–Crippen LogP) is 0.982. The van der Waals surface area contributed by atoms with Crippen LogP contribution in [0, 0.1) is 0 Å². The number of amides is 1. The Balaban J connectivity index is 1.82. The Morgan fingerprint density at radius 3 is 3.05 bits per heavy atom. The zero-order valence-electron chi connectivity index (χ0n) is 11.5. The number of aryl methyl sites for hydroxylation is 1. The van der Waals surface area contributed by atoms with Crippen molar-refractivity contribution in [3.05, 3.63) is 23.7 Å². The maximum absolute atomic E-state index is 11.6. The van der Waals surface area contributed by atoms with Crippen LogP contribution in [0.1, 0.15) is 35.6 Å². The Bertz CT molecular complexity index is 482. The molecule has 1 aliphatic rings. The van der Waals surface area contributed by atoms with E-state index in [1.807, 2.05) is 0 Å². The normalized spacial score (nSPS) is 18.6. The van der Waals surface area contributed by atoms with E-state index >= 15 is 0 Å².